The second kappa shape index (κ2) is 118. The number of aryl methyl sites for hydroxylation is 13. The van der Waals surface area contributed by atoms with Crippen molar-refractivity contribution in [1.29, 1.82) is 0 Å². The Morgan fingerprint density at radius 2 is 0.857 bits per heavy atom. The maximum absolute atomic E-state index is 3.93. The first kappa shape index (κ1) is 125. The summed E-state index contributed by atoms with van der Waals surface area (Å²) >= 11 is 0. The van der Waals surface area contributed by atoms with Gasteiger partial charge in [-0.3, -0.25) is 19.6 Å². The van der Waals surface area contributed by atoms with Crippen LogP contribution in [0.2, 0.25) is 0 Å². The number of aromatic nitrogens is 24. The zero-order valence-corrected chi connectivity index (χ0v) is 73.9. The molecule has 0 unspecified atom stereocenters. The van der Waals surface area contributed by atoms with Gasteiger partial charge in [-0.2, -0.15) is 30.6 Å². The van der Waals surface area contributed by atoms with E-state index in [9.17, 15) is 0 Å². The van der Waals surface area contributed by atoms with Crippen LogP contribution in [0.4, 0.5) is 0 Å². The number of imidazole rings is 4. The zero-order valence-electron chi connectivity index (χ0n) is 73.9. The number of nitrogens with one attached hydrogen (secondary N) is 7. The molecule has 0 bridgehead atoms. The van der Waals surface area contributed by atoms with Gasteiger partial charge in [-0.15, -0.1) is 10.2 Å². The molecule has 12 aromatic heterocycles. The summed E-state index contributed by atoms with van der Waals surface area (Å²) < 4.78 is 9.20. The highest BCUT2D eigenvalue weighted by atomic mass is 15.2. The Morgan fingerprint density at radius 1 is 0.371 bits per heavy atom. The van der Waals surface area contributed by atoms with Crippen molar-refractivity contribution in [2.45, 2.75) is 249 Å². The number of hydrogen-bond acceptors (Lipinski definition) is 14. The topological polar surface area (TPSA) is 315 Å². The molecule has 13 heterocycles. The third-order valence-electron chi connectivity index (χ3n) is 8.57. The molecule has 13 rings (SSSR count). The molecule has 0 amide bonds. The molecule has 0 saturated heterocycles. The van der Waals surface area contributed by atoms with Gasteiger partial charge in [0.05, 0.1) is 25.2 Å². The number of rotatable bonds is 0. The van der Waals surface area contributed by atoms with E-state index in [0.717, 1.165) is 41.0 Å². The molecule has 0 aliphatic carbocycles. The van der Waals surface area contributed by atoms with E-state index < -0.39 is 0 Å². The van der Waals surface area contributed by atoms with Gasteiger partial charge >= 0.3 is 0 Å². The van der Waals surface area contributed by atoms with Gasteiger partial charge in [0.2, 0.25) is 0 Å². The van der Waals surface area contributed by atoms with Crippen LogP contribution in [0, 0.1) is 55.4 Å². The Balaban J connectivity index is -0.0000000774. The van der Waals surface area contributed by atoms with Crippen LogP contribution >= 0.6 is 0 Å². The van der Waals surface area contributed by atoms with Crippen molar-refractivity contribution in [3.05, 3.63) is 219 Å². The van der Waals surface area contributed by atoms with E-state index in [2.05, 4.69) is 113 Å². The summed E-state index contributed by atoms with van der Waals surface area (Å²) in [6.45, 7) is 69.6. The van der Waals surface area contributed by atoms with E-state index >= 15 is 0 Å². The molecule has 26 heteroatoms. The van der Waals surface area contributed by atoms with E-state index in [4.69, 9.17) is 0 Å². The van der Waals surface area contributed by atoms with Crippen molar-refractivity contribution in [3.8, 4) is 0 Å². The highest BCUT2D eigenvalue weighted by molar-refractivity contribution is 5.96. The summed E-state index contributed by atoms with van der Waals surface area (Å²) in [7, 11) is 9.61. The average Bonchev–Trinajstić information content (AvgIpc) is 1.86. The summed E-state index contributed by atoms with van der Waals surface area (Å²) in [4.78, 5) is 37.3. The molecule has 0 spiro atoms. The average molecular weight is 1470 g/mol. The predicted molar refractivity (Wildman–Crippen MR) is 458 cm³/mol. The quantitative estimate of drug-likeness (QED) is 0.0745. The van der Waals surface area contributed by atoms with Crippen LogP contribution < -0.4 is 0 Å². The van der Waals surface area contributed by atoms with Gasteiger partial charge in [-0.1, -0.05) is 180 Å². The smallest absolute Gasteiger partial charge is 0.137 e. The first-order chi connectivity index (χ1) is 51.0. The molecule has 1 aliphatic rings. The predicted octanol–water partition coefficient (Wildman–Crippen LogP) is 21.6. The van der Waals surface area contributed by atoms with Crippen LogP contribution in [0.5, 0.6) is 0 Å². The number of aromatic amines is 7. The fourth-order valence-electron chi connectivity index (χ4n) is 4.60. The lowest BCUT2D eigenvalue weighted by Crippen LogP contribution is -1.83. The molecule has 604 valence electrons. The maximum atomic E-state index is 3.93. The molecular formula is C79H158N26. The lowest BCUT2D eigenvalue weighted by molar-refractivity contribution is 0.767. The van der Waals surface area contributed by atoms with Crippen molar-refractivity contribution in [2.75, 3.05) is 0 Å². The van der Waals surface area contributed by atoms with Gasteiger partial charge in [-0.25, -0.2) is 29.9 Å². The Hall–Kier alpha value is -10.1. The van der Waals surface area contributed by atoms with E-state index in [1.807, 2.05) is 372 Å². The number of nitrogens with zero attached hydrogens (tertiary/aromatic N) is 19. The molecule has 0 atom stereocenters. The SMILES string of the molecule is CC.CC.CC.CC.CC.CC.CC.CC.CC.CC.CC.CC.CC.CC1=NN=CC1.Cc1cc[nH]c1.Cc1ccc[nH]1.Cc1cnc[nH]1.Cc1cnc[nH]1.Cc1cnn(C)c1.Cc1ncc[nH]1.Cc1ncn[nH]1.Cc1ncn[nH]1.Cn1cccc1.Cn1cccn1.Cn1ccnc1.Cn1cnnc1. The normalized spacial score (nSPS) is 7.98. The first-order valence-corrected chi connectivity index (χ1v) is 37.4. The van der Waals surface area contributed by atoms with Crippen molar-refractivity contribution in [2.24, 2.45) is 45.4 Å². The molecule has 12 aromatic rings. The van der Waals surface area contributed by atoms with Gasteiger partial charge < -0.3 is 38.6 Å². The summed E-state index contributed by atoms with van der Waals surface area (Å²) in [5.41, 5.74) is 7.03. The van der Waals surface area contributed by atoms with Gasteiger partial charge in [0, 0.05) is 157 Å². The lowest BCUT2D eigenvalue weighted by atomic mass is 10.3. The van der Waals surface area contributed by atoms with E-state index in [-0.39, 0.29) is 0 Å². The highest BCUT2D eigenvalue weighted by Gasteiger charge is 1.90. The molecule has 0 radical (unpaired) electrons. The van der Waals surface area contributed by atoms with Crippen LogP contribution in [-0.4, -0.2) is 131 Å². The summed E-state index contributed by atoms with van der Waals surface area (Å²) in [6.07, 6.45) is 42.0. The van der Waals surface area contributed by atoms with Crippen LogP contribution in [0.25, 0.3) is 0 Å². The Kier molecular flexibility index (Phi) is 140. The second-order valence-electron chi connectivity index (χ2n) is 16.4. The van der Waals surface area contributed by atoms with Gasteiger partial charge in [0.15, 0.2) is 0 Å². The van der Waals surface area contributed by atoms with Crippen LogP contribution in [0.15, 0.2) is 184 Å². The van der Waals surface area contributed by atoms with E-state index in [1.165, 1.54) is 29.5 Å². The number of H-pyrrole nitrogens is 7. The largest absolute Gasteiger partial charge is 0.367 e. The van der Waals surface area contributed by atoms with Gasteiger partial charge in [-0.05, 0) is 110 Å². The fourth-order valence-corrected chi connectivity index (χ4v) is 4.60. The second-order valence-corrected chi connectivity index (χ2v) is 16.4. The van der Waals surface area contributed by atoms with Crippen LogP contribution in [0.3, 0.4) is 0 Å². The van der Waals surface area contributed by atoms with Crippen LogP contribution in [-0.2, 0) is 35.2 Å². The standard InChI is InChI=1S/C5H8N2.3C5H7N.6C4H6N2.3C3H5N3.13C2H6/c1-5-3-6-7(2)4-5;1-5-2-3-6-4-5;1-6-4-2-3-5-6;1-5-3-2-4-6-5;2*1-4-2-5-3-6-4;1-6-3-2-5-4-6;1-6-4-2-3-5-6;1-4-5-2-3-6-4;1-4-2-3-5-6-4;1-6-2-4-5-3-6;2*1-3-4-2-5-6-3;13*1-2/h3-4H,1-2H3;2-4,6H,1H3;2-5H,1H3;2-4,6H,1H3;2*2-3H,1H3,(H,5,6);2*2-4H,1H3;2-3H,1H3,(H,5,6);3H,2H2,1H3;2-3H,1H3;2*2H,1H3,(H,4,5,6);13*1-2H3. The van der Waals surface area contributed by atoms with E-state index in [1.54, 1.807) is 89.0 Å². The third-order valence-corrected chi connectivity index (χ3v) is 8.57. The Morgan fingerprint density at radius 3 is 0.962 bits per heavy atom. The third kappa shape index (κ3) is 115. The summed E-state index contributed by atoms with van der Waals surface area (Å²) in [6, 6.07) is 11.9. The van der Waals surface area contributed by atoms with Crippen molar-refractivity contribution >= 4 is 11.9 Å². The minimum atomic E-state index is 0.856. The molecule has 0 saturated carbocycles. The molecule has 105 heavy (non-hydrogen) atoms. The number of hydrogen-bond donors (Lipinski definition) is 7. The summed E-state index contributed by atoms with van der Waals surface area (Å²) in [5.74, 6) is 2.68. The van der Waals surface area contributed by atoms with Crippen molar-refractivity contribution in [3.63, 3.8) is 0 Å². The highest BCUT2D eigenvalue weighted by Crippen LogP contribution is 1.92. The fraction of sp³-hybridized carbons (Fsp3) is 0.519. The van der Waals surface area contributed by atoms with Gasteiger partial charge in [0.25, 0.3) is 0 Å². The molecule has 7 N–H and O–H groups in total. The van der Waals surface area contributed by atoms with Gasteiger partial charge in [0.1, 0.15) is 42.8 Å². The summed E-state index contributed by atoms with van der Waals surface area (Å²) in [5, 5.41) is 34.6. The molecular weight excluding hydrogens is 1310 g/mol. The first-order valence-electron chi connectivity index (χ1n) is 37.4. The maximum Gasteiger partial charge on any atom is 0.137 e. The Bertz CT molecular complexity index is 2400. The molecule has 26 nitrogen and oxygen atoms in total. The molecule has 0 fully saturated rings. The Labute approximate surface area is 641 Å². The molecule has 1 aliphatic heterocycles. The lowest BCUT2D eigenvalue weighted by Gasteiger charge is -1.79. The minimum Gasteiger partial charge on any atom is -0.367 e. The van der Waals surface area contributed by atoms with E-state index in [0.29, 0.717) is 0 Å². The zero-order chi connectivity index (χ0) is 84.1. The minimum absolute atomic E-state index is 0.856. The van der Waals surface area contributed by atoms with Crippen molar-refractivity contribution in [1.82, 2.24) is 119 Å². The molecule has 0 aromatic carbocycles. The van der Waals surface area contributed by atoms with Crippen molar-refractivity contribution < 1.29 is 0 Å². The van der Waals surface area contributed by atoms with Crippen LogP contribution in [0.1, 0.15) is 239 Å². The monoisotopic (exact) mass is 1470 g/mol.